The van der Waals surface area contributed by atoms with Gasteiger partial charge in [0.2, 0.25) is 11.7 Å². The number of rotatable bonds is 3. The Balaban J connectivity index is 1.53. The lowest BCUT2D eigenvalue weighted by Gasteiger charge is -2.18. The Kier molecular flexibility index (Phi) is 3.38. The largest absolute Gasteiger partial charge is 0.486 e. The monoisotopic (exact) mass is 328 g/mol. The predicted octanol–water partition coefficient (Wildman–Crippen LogP) is 2.06. The molecule has 0 atom stereocenters. The summed E-state index contributed by atoms with van der Waals surface area (Å²) in [6, 6.07) is 6.75. The summed E-state index contributed by atoms with van der Waals surface area (Å²) in [5.74, 6) is 1.06. The van der Waals surface area contributed by atoms with Gasteiger partial charge in [-0.2, -0.15) is 0 Å². The number of benzene rings is 1. The molecule has 1 aliphatic rings. The summed E-state index contributed by atoms with van der Waals surface area (Å²) in [6.07, 6.45) is 0. The van der Waals surface area contributed by atoms with Crippen molar-refractivity contribution in [3.8, 4) is 23.0 Å². The number of fused-ring (bicyclic) bond motifs is 1. The molecule has 2 aromatic heterocycles. The lowest BCUT2D eigenvalue weighted by molar-refractivity contribution is 0.0985. The zero-order valence-electron chi connectivity index (χ0n) is 12.6. The van der Waals surface area contributed by atoms with Crippen molar-refractivity contribution in [1.82, 2.24) is 15.4 Å². The third-order valence-electron chi connectivity index (χ3n) is 3.29. The van der Waals surface area contributed by atoms with E-state index in [1.807, 2.05) is 0 Å². The third-order valence-corrected chi connectivity index (χ3v) is 3.29. The van der Waals surface area contributed by atoms with E-state index < -0.39 is 5.91 Å². The van der Waals surface area contributed by atoms with E-state index in [9.17, 15) is 4.79 Å². The summed E-state index contributed by atoms with van der Waals surface area (Å²) in [4.78, 5) is 12.0. The van der Waals surface area contributed by atoms with Crippen LogP contribution in [-0.2, 0) is 0 Å². The van der Waals surface area contributed by atoms with Gasteiger partial charge in [-0.05, 0) is 25.1 Å². The number of hydrogen-bond donors (Lipinski definition) is 1. The molecular formula is C15H12N4O5. The number of ether oxygens (including phenoxy) is 2. The number of aromatic nitrogens is 3. The van der Waals surface area contributed by atoms with Gasteiger partial charge in [-0.15, -0.1) is 5.10 Å². The molecule has 0 unspecified atom stereocenters. The van der Waals surface area contributed by atoms with E-state index in [0.717, 1.165) is 0 Å². The Bertz CT molecular complexity index is 901. The zero-order valence-corrected chi connectivity index (χ0v) is 12.6. The van der Waals surface area contributed by atoms with Crippen LogP contribution in [0.15, 0.2) is 33.2 Å². The Labute approximate surface area is 135 Å². The molecule has 0 spiro atoms. The lowest BCUT2D eigenvalue weighted by Crippen LogP contribution is -2.15. The maximum absolute atomic E-state index is 12.0. The molecule has 24 heavy (non-hydrogen) atoms. The molecule has 0 bridgehead atoms. The first-order valence-corrected chi connectivity index (χ1v) is 7.17. The highest BCUT2D eigenvalue weighted by Crippen LogP contribution is 2.34. The normalized spacial score (nSPS) is 12.9. The molecule has 1 N–H and O–H groups in total. The van der Waals surface area contributed by atoms with Crippen LogP contribution in [0.25, 0.3) is 11.5 Å². The average molecular weight is 328 g/mol. The molecule has 0 saturated carbocycles. The van der Waals surface area contributed by atoms with E-state index in [-0.39, 0.29) is 17.7 Å². The molecule has 9 nitrogen and oxygen atoms in total. The van der Waals surface area contributed by atoms with Crippen molar-refractivity contribution in [2.24, 2.45) is 0 Å². The predicted molar refractivity (Wildman–Crippen MR) is 79.9 cm³/mol. The Morgan fingerprint density at radius 2 is 1.96 bits per heavy atom. The van der Waals surface area contributed by atoms with Crippen LogP contribution in [0.2, 0.25) is 0 Å². The summed E-state index contributed by atoms with van der Waals surface area (Å²) >= 11 is 0. The zero-order chi connectivity index (χ0) is 16.5. The van der Waals surface area contributed by atoms with Crippen LogP contribution >= 0.6 is 0 Å². The van der Waals surface area contributed by atoms with Crippen LogP contribution in [0, 0.1) is 6.92 Å². The van der Waals surface area contributed by atoms with Gasteiger partial charge in [-0.25, -0.2) is 0 Å². The summed E-state index contributed by atoms with van der Waals surface area (Å²) in [5.41, 5.74) is 1.26. The fourth-order valence-electron chi connectivity index (χ4n) is 2.20. The minimum Gasteiger partial charge on any atom is -0.486 e. The van der Waals surface area contributed by atoms with Gasteiger partial charge in [0.05, 0.1) is 5.69 Å². The molecule has 0 aliphatic carbocycles. The Hall–Kier alpha value is -3.36. The van der Waals surface area contributed by atoms with Crippen LogP contribution in [0.1, 0.15) is 16.2 Å². The topological polar surface area (TPSA) is 113 Å². The lowest BCUT2D eigenvalue weighted by atomic mass is 10.2. The molecular weight excluding hydrogens is 316 g/mol. The quantitative estimate of drug-likeness (QED) is 0.777. The fraction of sp³-hybridized carbons (Fsp3) is 0.200. The molecule has 3 aromatic rings. The van der Waals surface area contributed by atoms with Gasteiger partial charge in [0, 0.05) is 11.6 Å². The first-order valence-electron chi connectivity index (χ1n) is 7.17. The number of nitrogens with one attached hydrogen (secondary N) is 1. The van der Waals surface area contributed by atoms with Gasteiger partial charge in [-0.1, -0.05) is 10.3 Å². The van der Waals surface area contributed by atoms with E-state index in [1.54, 1.807) is 25.1 Å². The standard InChI is InChI=1S/C15H12N4O5/c1-8-6-12(24-19-8)13(20)16-15-18-17-14(23-15)9-2-3-10-11(7-9)22-5-4-21-10/h2-3,6-7H,4-5H2,1H3,(H,16,18,20). The van der Waals surface area contributed by atoms with Crippen molar-refractivity contribution < 1.29 is 23.2 Å². The molecule has 0 radical (unpaired) electrons. The number of amides is 1. The highest BCUT2D eigenvalue weighted by molar-refractivity contribution is 6.00. The van der Waals surface area contributed by atoms with Gasteiger partial charge in [0.25, 0.3) is 5.91 Å². The molecule has 0 fully saturated rings. The van der Waals surface area contributed by atoms with Crippen LogP contribution in [-0.4, -0.2) is 34.5 Å². The Morgan fingerprint density at radius 1 is 1.12 bits per heavy atom. The van der Waals surface area contributed by atoms with Gasteiger partial charge >= 0.3 is 6.01 Å². The Morgan fingerprint density at radius 3 is 2.75 bits per heavy atom. The second-order valence-corrected chi connectivity index (χ2v) is 5.06. The van der Waals surface area contributed by atoms with Gasteiger partial charge in [0.15, 0.2) is 11.5 Å². The fourth-order valence-corrected chi connectivity index (χ4v) is 2.20. The number of carbonyl (C=O) groups excluding carboxylic acids is 1. The molecule has 9 heteroatoms. The molecule has 1 aromatic carbocycles. The van der Waals surface area contributed by atoms with Crippen molar-refractivity contribution in [1.29, 1.82) is 0 Å². The smallest absolute Gasteiger partial charge is 0.322 e. The van der Waals surface area contributed by atoms with Crippen LogP contribution in [0.5, 0.6) is 11.5 Å². The van der Waals surface area contributed by atoms with Crippen LogP contribution < -0.4 is 14.8 Å². The highest BCUT2D eigenvalue weighted by Gasteiger charge is 2.18. The van der Waals surface area contributed by atoms with Gasteiger partial charge < -0.3 is 18.4 Å². The number of anilines is 1. The van der Waals surface area contributed by atoms with Crippen molar-refractivity contribution in [3.05, 3.63) is 35.7 Å². The number of carbonyl (C=O) groups is 1. The first-order chi connectivity index (χ1) is 11.7. The summed E-state index contributed by atoms with van der Waals surface area (Å²) in [6.45, 7) is 2.72. The van der Waals surface area contributed by atoms with Crippen molar-refractivity contribution in [3.63, 3.8) is 0 Å². The van der Waals surface area contributed by atoms with E-state index in [2.05, 4.69) is 20.7 Å². The van der Waals surface area contributed by atoms with E-state index in [4.69, 9.17) is 18.4 Å². The van der Waals surface area contributed by atoms with Gasteiger partial charge in [0.1, 0.15) is 13.2 Å². The van der Waals surface area contributed by atoms with Crippen LogP contribution in [0.4, 0.5) is 6.01 Å². The van der Waals surface area contributed by atoms with E-state index in [0.29, 0.717) is 36.0 Å². The van der Waals surface area contributed by atoms with Crippen molar-refractivity contribution in [2.75, 3.05) is 18.5 Å². The second kappa shape index (κ2) is 5.69. The minimum absolute atomic E-state index is 0.0426. The van der Waals surface area contributed by atoms with E-state index >= 15 is 0 Å². The van der Waals surface area contributed by atoms with Gasteiger partial charge in [-0.3, -0.25) is 10.1 Å². The maximum atomic E-state index is 12.0. The van der Waals surface area contributed by atoms with Crippen molar-refractivity contribution >= 4 is 11.9 Å². The molecule has 4 rings (SSSR count). The molecule has 1 aliphatic heterocycles. The third kappa shape index (κ3) is 2.67. The minimum atomic E-state index is -0.520. The second-order valence-electron chi connectivity index (χ2n) is 5.06. The average Bonchev–Trinajstić information content (AvgIpc) is 3.23. The first kappa shape index (κ1) is 14.2. The van der Waals surface area contributed by atoms with Crippen LogP contribution in [0.3, 0.4) is 0 Å². The molecule has 1 amide bonds. The summed E-state index contributed by atoms with van der Waals surface area (Å²) < 4.78 is 21.3. The van der Waals surface area contributed by atoms with Crippen molar-refractivity contribution in [2.45, 2.75) is 6.92 Å². The number of aryl methyl sites for hydroxylation is 1. The SMILES string of the molecule is Cc1cc(C(=O)Nc2nnc(-c3ccc4c(c3)OCCO4)o2)on1. The molecule has 0 saturated heterocycles. The molecule has 122 valence electrons. The highest BCUT2D eigenvalue weighted by atomic mass is 16.6. The van der Waals surface area contributed by atoms with E-state index in [1.165, 1.54) is 6.07 Å². The number of hydrogen-bond acceptors (Lipinski definition) is 8. The summed E-state index contributed by atoms with van der Waals surface area (Å²) in [7, 11) is 0. The summed E-state index contributed by atoms with van der Waals surface area (Å²) in [5, 5.41) is 13.8. The molecule has 3 heterocycles. The maximum Gasteiger partial charge on any atom is 0.322 e. The number of nitrogens with zero attached hydrogens (tertiary/aromatic N) is 3.